The minimum absolute atomic E-state index is 0.154. The molecule has 1 aromatic rings. The molecule has 1 heterocycles. The fraction of sp³-hybridized carbons (Fsp3) is 0.667. The Bertz CT molecular complexity index is 270. The lowest BCUT2D eigenvalue weighted by Gasteiger charge is -2.00. The van der Waals surface area contributed by atoms with Crippen molar-refractivity contribution in [1.29, 1.82) is 0 Å². The van der Waals surface area contributed by atoms with Gasteiger partial charge in [-0.15, -0.1) is 10.2 Å². The third-order valence-electron chi connectivity index (χ3n) is 1.19. The molecule has 0 amide bonds. The van der Waals surface area contributed by atoms with Crippen LogP contribution in [0.15, 0.2) is 4.42 Å². The van der Waals surface area contributed by atoms with Gasteiger partial charge in [0.05, 0.1) is 6.54 Å². The fourth-order valence-corrected chi connectivity index (χ4v) is 0.754. The lowest BCUT2D eigenvalue weighted by molar-refractivity contribution is -0.130. The number of rotatable bonds is 3. The Morgan fingerprint density at radius 2 is 1.92 bits per heavy atom. The van der Waals surface area contributed by atoms with E-state index < -0.39 is 18.5 Å². The summed E-state index contributed by atoms with van der Waals surface area (Å²) in [7, 11) is 1.63. The highest BCUT2D eigenvalue weighted by atomic mass is 19.4. The van der Waals surface area contributed by atoms with E-state index in [0.717, 1.165) is 0 Å². The molecule has 0 aromatic carbocycles. The molecule has 0 unspecified atom stereocenters. The van der Waals surface area contributed by atoms with E-state index in [1.54, 1.807) is 7.05 Å². The van der Waals surface area contributed by atoms with Crippen molar-refractivity contribution >= 4 is 0 Å². The number of aromatic nitrogens is 2. The summed E-state index contributed by atoms with van der Waals surface area (Å²) in [5.41, 5.74) is 0. The Morgan fingerprint density at radius 3 is 2.46 bits per heavy atom. The zero-order valence-corrected chi connectivity index (χ0v) is 6.85. The maximum absolute atomic E-state index is 11.8. The molecule has 0 saturated carbocycles. The minimum Gasteiger partial charge on any atom is -0.424 e. The largest absolute Gasteiger partial charge is 0.424 e. The second kappa shape index (κ2) is 3.73. The quantitative estimate of drug-likeness (QED) is 0.778. The molecule has 4 nitrogen and oxygen atoms in total. The summed E-state index contributed by atoms with van der Waals surface area (Å²) >= 11 is 0. The molecule has 1 N–H and O–H groups in total. The molecule has 0 aliphatic rings. The van der Waals surface area contributed by atoms with Crippen molar-refractivity contribution in [1.82, 2.24) is 15.5 Å². The molecule has 0 aliphatic heterocycles. The van der Waals surface area contributed by atoms with Gasteiger partial charge in [-0.1, -0.05) is 0 Å². The van der Waals surface area contributed by atoms with Crippen LogP contribution in [-0.2, 0) is 13.0 Å². The highest BCUT2D eigenvalue weighted by Crippen LogP contribution is 2.20. The number of nitrogens with zero attached hydrogens (tertiary/aromatic N) is 2. The SMILES string of the molecule is CNCc1nnc(CC(F)(F)F)o1. The lowest BCUT2D eigenvalue weighted by Crippen LogP contribution is -2.11. The molecule has 74 valence electrons. The summed E-state index contributed by atoms with van der Waals surface area (Å²) < 4.78 is 40.1. The maximum Gasteiger partial charge on any atom is 0.397 e. The zero-order chi connectivity index (χ0) is 9.90. The van der Waals surface area contributed by atoms with Crippen LogP contribution in [0.25, 0.3) is 0 Å². The summed E-state index contributed by atoms with van der Waals surface area (Å²) in [5.74, 6) is -0.250. The normalized spacial score (nSPS) is 12.0. The van der Waals surface area contributed by atoms with Gasteiger partial charge in [-0.2, -0.15) is 13.2 Å². The first kappa shape index (κ1) is 9.97. The molecule has 0 atom stereocenters. The average molecular weight is 195 g/mol. The summed E-state index contributed by atoms with van der Waals surface area (Å²) in [4.78, 5) is 0. The number of hydrogen-bond acceptors (Lipinski definition) is 4. The van der Waals surface area contributed by atoms with Crippen molar-refractivity contribution in [3.05, 3.63) is 11.8 Å². The lowest BCUT2D eigenvalue weighted by atomic mass is 10.4. The highest BCUT2D eigenvalue weighted by molar-refractivity contribution is 4.83. The highest BCUT2D eigenvalue weighted by Gasteiger charge is 2.30. The molecular weight excluding hydrogens is 187 g/mol. The standard InChI is InChI=1S/C6H8F3N3O/c1-10-3-5-12-11-4(13-5)2-6(7,8)9/h10H,2-3H2,1H3. The third-order valence-corrected chi connectivity index (χ3v) is 1.19. The topological polar surface area (TPSA) is 51.0 Å². The summed E-state index contributed by atoms with van der Waals surface area (Å²) in [6.07, 6.45) is -5.48. The van der Waals surface area contributed by atoms with Crippen LogP contribution in [-0.4, -0.2) is 23.4 Å². The zero-order valence-electron chi connectivity index (χ0n) is 6.85. The van der Waals surface area contributed by atoms with E-state index in [4.69, 9.17) is 4.42 Å². The average Bonchev–Trinajstić information content (AvgIpc) is 2.33. The Hall–Kier alpha value is -1.11. The van der Waals surface area contributed by atoms with E-state index in [-0.39, 0.29) is 12.4 Å². The minimum atomic E-state index is -4.30. The molecule has 1 aromatic heterocycles. The summed E-state index contributed by atoms with van der Waals surface area (Å²) in [6, 6.07) is 0. The van der Waals surface area contributed by atoms with Crippen molar-refractivity contribution in [2.45, 2.75) is 19.1 Å². The van der Waals surface area contributed by atoms with Gasteiger partial charge in [0.15, 0.2) is 0 Å². The van der Waals surface area contributed by atoms with Crippen LogP contribution in [0.4, 0.5) is 13.2 Å². The summed E-state index contributed by atoms with van der Waals surface area (Å²) in [6.45, 7) is 0.269. The van der Waals surface area contributed by atoms with Crippen LogP contribution in [0.3, 0.4) is 0 Å². The molecule has 0 fully saturated rings. The van der Waals surface area contributed by atoms with Gasteiger partial charge in [0.2, 0.25) is 11.8 Å². The van der Waals surface area contributed by atoms with Crippen LogP contribution in [0.5, 0.6) is 0 Å². The van der Waals surface area contributed by atoms with Crippen LogP contribution >= 0.6 is 0 Å². The second-order valence-corrected chi connectivity index (χ2v) is 2.41. The molecule has 13 heavy (non-hydrogen) atoms. The van der Waals surface area contributed by atoms with E-state index in [2.05, 4.69) is 15.5 Å². The van der Waals surface area contributed by atoms with Gasteiger partial charge in [0.1, 0.15) is 6.42 Å². The Balaban J connectivity index is 2.59. The van der Waals surface area contributed by atoms with Gasteiger partial charge < -0.3 is 9.73 Å². The first-order chi connectivity index (χ1) is 6.01. The number of nitrogens with one attached hydrogen (secondary N) is 1. The number of halogens is 3. The Morgan fingerprint density at radius 1 is 1.31 bits per heavy atom. The predicted molar refractivity (Wildman–Crippen MR) is 36.8 cm³/mol. The van der Waals surface area contributed by atoms with Gasteiger partial charge in [0.25, 0.3) is 0 Å². The van der Waals surface area contributed by atoms with Crippen LogP contribution < -0.4 is 5.32 Å². The van der Waals surface area contributed by atoms with Crippen LogP contribution in [0.2, 0.25) is 0 Å². The maximum atomic E-state index is 11.8. The Labute approximate surface area is 72.1 Å². The van der Waals surface area contributed by atoms with Crippen molar-refractivity contribution in [3.8, 4) is 0 Å². The molecular formula is C6H8F3N3O. The number of alkyl halides is 3. The molecule has 0 bridgehead atoms. The molecule has 1 rings (SSSR count). The predicted octanol–water partition coefficient (Wildman–Crippen LogP) is 0.894. The van der Waals surface area contributed by atoms with Crippen molar-refractivity contribution in [2.24, 2.45) is 0 Å². The van der Waals surface area contributed by atoms with Gasteiger partial charge in [-0.3, -0.25) is 0 Å². The van der Waals surface area contributed by atoms with Gasteiger partial charge in [-0.05, 0) is 7.05 Å². The first-order valence-corrected chi connectivity index (χ1v) is 3.54. The van der Waals surface area contributed by atoms with Gasteiger partial charge >= 0.3 is 6.18 Å². The van der Waals surface area contributed by atoms with Crippen molar-refractivity contribution < 1.29 is 17.6 Å². The molecule has 0 spiro atoms. The van der Waals surface area contributed by atoms with E-state index in [0.29, 0.717) is 0 Å². The van der Waals surface area contributed by atoms with E-state index in [1.807, 2.05) is 0 Å². The van der Waals surface area contributed by atoms with Crippen LogP contribution in [0.1, 0.15) is 11.8 Å². The van der Waals surface area contributed by atoms with Crippen molar-refractivity contribution in [3.63, 3.8) is 0 Å². The molecule has 0 saturated heterocycles. The number of hydrogen-bond donors (Lipinski definition) is 1. The fourth-order valence-electron chi connectivity index (χ4n) is 0.754. The third kappa shape index (κ3) is 3.41. The van der Waals surface area contributed by atoms with Crippen LogP contribution in [0, 0.1) is 0 Å². The molecule has 0 aliphatic carbocycles. The second-order valence-electron chi connectivity index (χ2n) is 2.41. The van der Waals surface area contributed by atoms with E-state index in [1.165, 1.54) is 0 Å². The van der Waals surface area contributed by atoms with Crippen molar-refractivity contribution in [2.75, 3.05) is 7.05 Å². The monoisotopic (exact) mass is 195 g/mol. The van der Waals surface area contributed by atoms with Gasteiger partial charge in [-0.25, -0.2) is 0 Å². The van der Waals surface area contributed by atoms with Gasteiger partial charge in [0, 0.05) is 0 Å². The summed E-state index contributed by atoms with van der Waals surface area (Å²) in [5, 5.41) is 9.34. The smallest absolute Gasteiger partial charge is 0.397 e. The first-order valence-electron chi connectivity index (χ1n) is 3.54. The Kier molecular flexibility index (Phi) is 2.86. The van der Waals surface area contributed by atoms with E-state index >= 15 is 0 Å². The van der Waals surface area contributed by atoms with E-state index in [9.17, 15) is 13.2 Å². The molecule has 0 radical (unpaired) electrons. The molecule has 7 heteroatoms.